The summed E-state index contributed by atoms with van der Waals surface area (Å²) in [6.45, 7) is 0.888. The van der Waals surface area contributed by atoms with E-state index < -0.39 is 11.7 Å². The summed E-state index contributed by atoms with van der Waals surface area (Å²) < 4.78 is 43.8. The number of carbonyl (C=O) groups excluding carboxylic acids is 1. The third-order valence-corrected chi connectivity index (χ3v) is 4.96. The van der Waals surface area contributed by atoms with Gasteiger partial charge in [-0.05, 0) is 18.9 Å². The lowest BCUT2D eigenvalue weighted by atomic mass is 10.1. The van der Waals surface area contributed by atoms with Gasteiger partial charge in [0.2, 0.25) is 5.88 Å². The van der Waals surface area contributed by atoms with Gasteiger partial charge >= 0.3 is 12.2 Å². The summed E-state index contributed by atoms with van der Waals surface area (Å²) in [7, 11) is 0. The zero-order chi connectivity index (χ0) is 18.6. The van der Waals surface area contributed by atoms with Gasteiger partial charge in [-0.1, -0.05) is 25.7 Å². The number of nitrogens with one attached hydrogen (secondary N) is 1. The molecular weight excluding hydrogens is 347 g/mol. The van der Waals surface area contributed by atoms with Crippen LogP contribution in [0.5, 0.6) is 5.88 Å². The van der Waals surface area contributed by atoms with Gasteiger partial charge < -0.3 is 15.0 Å². The van der Waals surface area contributed by atoms with E-state index in [4.69, 9.17) is 4.74 Å². The van der Waals surface area contributed by atoms with Crippen molar-refractivity contribution >= 4 is 6.03 Å². The Morgan fingerprint density at radius 3 is 2.62 bits per heavy atom. The van der Waals surface area contributed by atoms with E-state index in [2.05, 4.69) is 10.3 Å². The van der Waals surface area contributed by atoms with Gasteiger partial charge in [0, 0.05) is 31.3 Å². The Bertz CT molecular complexity index is 616. The quantitative estimate of drug-likeness (QED) is 0.818. The Balaban J connectivity index is 1.51. The maximum atomic E-state index is 12.8. The molecule has 1 atom stereocenters. The molecule has 1 saturated heterocycles. The minimum atomic E-state index is -4.43. The van der Waals surface area contributed by atoms with Crippen molar-refractivity contribution in [2.75, 3.05) is 13.1 Å². The third kappa shape index (κ3) is 5.02. The van der Waals surface area contributed by atoms with Crippen molar-refractivity contribution in [1.29, 1.82) is 0 Å². The summed E-state index contributed by atoms with van der Waals surface area (Å²) >= 11 is 0. The Hall–Kier alpha value is -1.99. The zero-order valence-corrected chi connectivity index (χ0v) is 14.6. The highest BCUT2D eigenvalue weighted by molar-refractivity contribution is 5.74. The van der Waals surface area contributed by atoms with Crippen molar-refractivity contribution in [3.8, 4) is 5.88 Å². The van der Waals surface area contributed by atoms with Crippen molar-refractivity contribution in [1.82, 2.24) is 15.2 Å². The van der Waals surface area contributed by atoms with Crippen LogP contribution in [-0.2, 0) is 6.18 Å². The molecule has 2 aliphatic rings. The maximum absolute atomic E-state index is 12.8. The summed E-state index contributed by atoms with van der Waals surface area (Å²) in [5.74, 6) is -0.0594. The standard InChI is InChI=1S/C18H24F3N3O2/c19-18(20,21)13-7-9-22-16(11-13)26-15-8-10-24(12-15)17(25)23-14-5-3-1-2-4-6-14/h7,9,11,14-15H,1-6,8,10,12H2,(H,23,25). The van der Waals surface area contributed by atoms with E-state index in [0.717, 1.165) is 44.0 Å². The molecule has 2 fully saturated rings. The first-order valence-corrected chi connectivity index (χ1v) is 9.17. The van der Waals surface area contributed by atoms with Crippen LogP contribution in [0, 0.1) is 0 Å². The number of nitrogens with zero attached hydrogens (tertiary/aromatic N) is 2. The van der Waals surface area contributed by atoms with Crippen LogP contribution in [0.4, 0.5) is 18.0 Å². The highest BCUT2D eigenvalue weighted by Crippen LogP contribution is 2.31. The fraction of sp³-hybridized carbons (Fsp3) is 0.667. The molecule has 8 heteroatoms. The van der Waals surface area contributed by atoms with E-state index in [0.29, 0.717) is 19.5 Å². The largest absolute Gasteiger partial charge is 0.472 e. The van der Waals surface area contributed by atoms with Crippen molar-refractivity contribution in [3.63, 3.8) is 0 Å². The molecule has 0 spiro atoms. The molecule has 1 aromatic rings. The lowest BCUT2D eigenvalue weighted by Gasteiger charge is -2.22. The molecule has 1 N–H and O–H groups in total. The summed E-state index contributed by atoms with van der Waals surface area (Å²) in [6, 6.07) is 1.91. The number of ether oxygens (including phenoxy) is 1. The SMILES string of the molecule is O=C(NC1CCCCCC1)N1CCC(Oc2cc(C(F)(F)F)ccn2)C1. The number of likely N-dealkylation sites (tertiary alicyclic amines) is 1. The number of aromatic nitrogens is 1. The monoisotopic (exact) mass is 371 g/mol. The number of pyridine rings is 1. The molecule has 0 aromatic carbocycles. The van der Waals surface area contributed by atoms with E-state index in [1.54, 1.807) is 4.90 Å². The third-order valence-electron chi connectivity index (χ3n) is 4.96. The van der Waals surface area contributed by atoms with Crippen LogP contribution in [0.15, 0.2) is 18.3 Å². The molecule has 0 bridgehead atoms. The van der Waals surface area contributed by atoms with Crippen molar-refractivity contribution < 1.29 is 22.7 Å². The topological polar surface area (TPSA) is 54.5 Å². The van der Waals surface area contributed by atoms with E-state index >= 15 is 0 Å². The van der Waals surface area contributed by atoms with Gasteiger partial charge in [0.25, 0.3) is 0 Å². The molecule has 144 valence electrons. The molecule has 0 radical (unpaired) electrons. The molecule has 26 heavy (non-hydrogen) atoms. The van der Waals surface area contributed by atoms with Gasteiger partial charge in [-0.2, -0.15) is 13.2 Å². The van der Waals surface area contributed by atoms with Crippen LogP contribution in [0.3, 0.4) is 0 Å². The van der Waals surface area contributed by atoms with Gasteiger partial charge in [0.05, 0.1) is 12.1 Å². The van der Waals surface area contributed by atoms with Crippen molar-refractivity contribution in [2.24, 2.45) is 0 Å². The average molecular weight is 371 g/mol. The Labute approximate surface area is 150 Å². The molecule has 1 unspecified atom stereocenters. The molecular formula is C18H24F3N3O2. The number of alkyl halides is 3. The number of rotatable bonds is 3. The van der Waals surface area contributed by atoms with Crippen LogP contribution < -0.4 is 10.1 Å². The zero-order valence-electron chi connectivity index (χ0n) is 14.6. The van der Waals surface area contributed by atoms with Gasteiger partial charge in [-0.15, -0.1) is 0 Å². The van der Waals surface area contributed by atoms with Gasteiger partial charge in [-0.25, -0.2) is 9.78 Å². The van der Waals surface area contributed by atoms with Crippen LogP contribution in [0.2, 0.25) is 0 Å². The number of hydrogen-bond donors (Lipinski definition) is 1. The number of hydrogen-bond acceptors (Lipinski definition) is 3. The fourth-order valence-electron chi connectivity index (χ4n) is 3.52. The van der Waals surface area contributed by atoms with E-state index in [-0.39, 0.29) is 24.1 Å². The first-order valence-electron chi connectivity index (χ1n) is 9.17. The Morgan fingerprint density at radius 1 is 1.19 bits per heavy atom. The number of carbonyl (C=O) groups is 1. The molecule has 2 heterocycles. The smallest absolute Gasteiger partial charge is 0.416 e. The van der Waals surface area contributed by atoms with Gasteiger partial charge in [-0.3, -0.25) is 0 Å². The lowest BCUT2D eigenvalue weighted by molar-refractivity contribution is -0.137. The first-order chi connectivity index (χ1) is 12.4. The summed E-state index contributed by atoms with van der Waals surface area (Å²) in [5, 5.41) is 3.08. The average Bonchev–Trinajstić information content (AvgIpc) is 2.90. The second-order valence-electron chi connectivity index (χ2n) is 6.99. The summed E-state index contributed by atoms with van der Waals surface area (Å²) in [5.41, 5.74) is -0.788. The molecule has 1 aromatic heterocycles. The number of amides is 2. The molecule has 3 rings (SSSR count). The van der Waals surface area contributed by atoms with E-state index in [1.807, 2.05) is 0 Å². The first kappa shape index (κ1) is 18.8. The van der Waals surface area contributed by atoms with Crippen molar-refractivity contribution in [2.45, 2.75) is 63.3 Å². The van der Waals surface area contributed by atoms with E-state index in [1.165, 1.54) is 12.8 Å². The molecule has 5 nitrogen and oxygen atoms in total. The maximum Gasteiger partial charge on any atom is 0.416 e. The number of urea groups is 1. The predicted molar refractivity (Wildman–Crippen MR) is 89.9 cm³/mol. The molecule has 1 saturated carbocycles. The van der Waals surface area contributed by atoms with Crippen LogP contribution in [0.1, 0.15) is 50.5 Å². The highest BCUT2D eigenvalue weighted by Gasteiger charge is 2.32. The van der Waals surface area contributed by atoms with Crippen molar-refractivity contribution in [3.05, 3.63) is 23.9 Å². The number of halogens is 3. The van der Waals surface area contributed by atoms with Crippen LogP contribution >= 0.6 is 0 Å². The molecule has 1 aliphatic carbocycles. The van der Waals surface area contributed by atoms with Gasteiger partial charge in [0.1, 0.15) is 6.10 Å². The van der Waals surface area contributed by atoms with E-state index in [9.17, 15) is 18.0 Å². The van der Waals surface area contributed by atoms with Crippen LogP contribution in [0.25, 0.3) is 0 Å². The predicted octanol–water partition coefficient (Wildman–Crippen LogP) is 3.99. The minimum Gasteiger partial charge on any atom is -0.472 e. The Kier molecular flexibility index (Phi) is 5.88. The lowest BCUT2D eigenvalue weighted by Crippen LogP contribution is -2.44. The van der Waals surface area contributed by atoms with Gasteiger partial charge in [0.15, 0.2) is 0 Å². The summed E-state index contributed by atoms with van der Waals surface area (Å²) in [4.78, 5) is 17.9. The highest BCUT2D eigenvalue weighted by atomic mass is 19.4. The van der Waals surface area contributed by atoms with Crippen LogP contribution in [-0.4, -0.2) is 41.2 Å². The second kappa shape index (κ2) is 8.14. The Morgan fingerprint density at radius 2 is 1.92 bits per heavy atom. The fourth-order valence-corrected chi connectivity index (χ4v) is 3.52. The normalized spacial score (nSPS) is 22.1. The summed E-state index contributed by atoms with van der Waals surface area (Å²) in [6.07, 6.45) is 3.62. The molecule has 1 aliphatic heterocycles. The molecule has 2 amide bonds. The minimum absolute atomic E-state index is 0.0594. The second-order valence-corrected chi connectivity index (χ2v) is 6.99.